The third-order valence-electron chi connectivity index (χ3n) is 8.63. The first-order valence-electron chi connectivity index (χ1n) is 15.9. The van der Waals surface area contributed by atoms with Crippen molar-refractivity contribution in [2.75, 3.05) is 20.1 Å². The molecule has 1 fully saturated rings. The molecule has 4 aromatic carbocycles. The Morgan fingerprint density at radius 1 is 0.915 bits per heavy atom. The summed E-state index contributed by atoms with van der Waals surface area (Å²) < 4.78 is 13.2. The van der Waals surface area contributed by atoms with Gasteiger partial charge in [0.1, 0.15) is 5.69 Å². The first-order chi connectivity index (χ1) is 22.9. The molecule has 1 aromatic heterocycles. The Morgan fingerprint density at radius 2 is 1.66 bits per heavy atom. The van der Waals surface area contributed by atoms with E-state index in [1.54, 1.807) is 0 Å². The number of carbonyl (C=O) groups excluding carboxylic acids is 1. The van der Waals surface area contributed by atoms with Gasteiger partial charge in [-0.1, -0.05) is 91.9 Å². The van der Waals surface area contributed by atoms with Gasteiger partial charge >= 0.3 is 0 Å². The van der Waals surface area contributed by atoms with Crippen molar-refractivity contribution in [3.8, 4) is 11.1 Å². The highest BCUT2D eigenvalue weighted by atomic mass is 16.7. The Kier molecular flexibility index (Phi) is 10.1. The number of hydrogen-bond donors (Lipinski definition) is 2. The summed E-state index contributed by atoms with van der Waals surface area (Å²) in [5, 5.41) is 12.5. The van der Waals surface area contributed by atoms with E-state index < -0.39 is 6.29 Å². The van der Waals surface area contributed by atoms with E-state index in [9.17, 15) is 9.90 Å². The van der Waals surface area contributed by atoms with Gasteiger partial charge in [0.05, 0.1) is 36.0 Å². The number of carbonyl (C=O) groups is 1. The highest BCUT2D eigenvalue weighted by Crippen LogP contribution is 2.42. The standard InChI is InChI=1S/C39H40N4O4/c1-4-20-43(3)24-36-26(2)37(30-14-12-27(25-44)13-15-30)47-39(46-36)31-18-16-29(17-19-31)32-9-7-8-28(21-32)22-41-38(45)35-23-40-33-10-5-6-11-34(33)42-35/h4-19,21,23,26,36-37,39,44H,1,20,22,24-25H2,2-3H3,(H,41,45)/t26-,36+,37+,39+/m0/s1. The molecule has 2 N–H and O–H groups in total. The van der Waals surface area contributed by atoms with Crippen LogP contribution in [0.1, 0.15) is 52.1 Å². The highest BCUT2D eigenvalue weighted by Gasteiger charge is 2.38. The zero-order chi connectivity index (χ0) is 32.8. The average molecular weight is 629 g/mol. The molecule has 2 heterocycles. The Morgan fingerprint density at radius 3 is 2.40 bits per heavy atom. The number of aliphatic hydroxyl groups excluding tert-OH is 1. The number of rotatable bonds is 11. The molecule has 8 heteroatoms. The van der Waals surface area contributed by atoms with Crippen molar-refractivity contribution in [1.29, 1.82) is 0 Å². The molecule has 8 nitrogen and oxygen atoms in total. The van der Waals surface area contributed by atoms with Crippen molar-refractivity contribution < 1.29 is 19.4 Å². The number of fused-ring (bicyclic) bond motifs is 1. The van der Waals surface area contributed by atoms with Gasteiger partial charge in [-0.25, -0.2) is 4.98 Å². The molecule has 1 aliphatic heterocycles. The number of benzene rings is 4. The summed E-state index contributed by atoms with van der Waals surface area (Å²) in [5.74, 6) is -0.161. The number of nitrogens with one attached hydrogen (secondary N) is 1. The normalized spacial score (nSPS) is 19.5. The van der Waals surface area contributed by atoms with Crippen molar-refractivity contribution in [1.82, 2.24) is 20.2 Å². The molecule has 240 valence electrons. The molecular formula is C39H40N4O4. The summed E-state index contributed by atoms with van der Waals surface area (Å²) >= 11 is 0. The first kappa shape index (κ1) is 32.2. The van der Waals surface area contributed by atoms with Crippen LogP contribution in [-0.4, -0.2) is 52.1 Å². The van der Waals surface area contributed by atoms with Crippen LogP contribution in [0.4, 0.5) is 0 Å². The summed E-state index contributed by atoms with van der Waals surface area (Å²) in [6.07, 6.45) is 2.63. The van der Waals surface area contributed by atoms with Crippen LogP contribution in [0.2, 0.25) is 0 Å². The van der Waals surface area contributed by atoms with E-state index in [1.165, 1.54) is 6.20 Å². The lowest BCUT2D eigenvalue weighted by Gasteiger charge is -2.42. The molecule has 6 rings (SSSR count). The fraction of sp³-hybridized carbons (Fsp3) is 0.256. The minimum Gasteiger partial charge on any atom is -0.392 e. The molecule has 5 aromatic rings. The Balaban J connectivity index is 1.16. The van der Waals surface area contributed by atoms with Crippen LogP contribution in [0.25, 0.3) is 22.2 Å². The zero-order valence-electron chi connectivity index (χ0n) is 26.8. The molecule has 0 unspecified atom stereocenters. The lowest BCUT2D eigenvalue weighted by molar-refractivity contribution is -0.275. The topological polar surface area (TPSA) is 96.8 Å². The Labute approximate surface area is 275 Å². The maximum Gasteiger partial charge on any atom is 0.271 e. The van der Waals surface area contributed by atoms with E-state index >= 15 is 0 Å². The predicted octanol–water partition coefficient (Wildman–Crippen LogP) is 6.63. The number of ether oxygens (including phenoxy) is 2. The van der Waals surface area contributed by atoms with Crippen LogP contribution in [0.5, 0.6) is 0 Å². The molecule has 1 amide bonds. The Bertz CT molecular complexity index is 1830. The molecule has 0 bridgehead atoms. The van der Waals surface area contributed by atoms with Crippen molar-refractivity contribution in [2.24, 2.45) is 5.92 Å². The van der Waals surface area contributed by atoms with Crippen molar-refractivity contribution in [3.63, 3.8) is 0 Å². The van der Waals surface area contributed by atoms with Crippen LogP contribution < -0.4 is 5.32 Å². The maximum atomic E-state index is 12.8. The van der Waals surface area contributed by atoms with E-state index in [-0.39, 0.29) is 36.3 Å². The summed E-state index contributed by atoms with van der Waals surface area (Å²) in [6.45, 7) is 7.93. The van der Waals surface area contributed by atoms with E-state index in [0.717, 1.165) is 52.0 Å². The molecule has 1 saturated heterocycles. The van der Waals surface area contributed by atoms with Gasteiger partial charge in [0.15, 0.2) is 6.29 Å². The van der Waals surface area contributed by atoms with Gasteiger partial charge in [-0.3, -0.25) is 9.78 Å². The number of hydrogen-bond acceptors (Lipinski definition) is 7. The lowest BCUT2D eigenvalue weighted by atomic mass is 9.90. The van der Waals surface area contributed by atoms with Crippen LogP contribution in [0.3, 0.4) is 0 Å². The molecular weight excluding hydrogens is 588 g/mol. The van der Waals surface area contributed by atoms with E-state index in [4.69, 9.17) is 9.47 Å². The predicted molar refractivity (Wildman–Crippen MR) is 183 cm³/mol. The second-order valence-corrected chi connectivity index (χ2v) is 12.1. The van der Waals surface area contributed by atoms with Crippen LogP contribution in [0, 0.1) is 5.92 Å². The minimum atomic E-state index is -0.537. The zero-order valence-corrected chi connectivity index (χ0v) is 26.8. The van der Waals surface area contributed by atoms with Crippen molar-refractivity contribution in [2.45, 2.75) is 38.6 Å². The number of aromatic nitrogens is 2. The van der Waals surface area contributed by atoms with E-state index in [1.807, 2.05) is 66.7 Å². The van der Waals surface area contributed by atoms with Crippen LogP contribution in [-0.2, 0) is 22.6 Å². The fourth-order valence-corrected chi connectivity index (χ4v) is 5.96. The van der Waals surface area contributed by atoms with E-state index in [2.05, 4.69) is 77.1 Å². The molecule has 1 aliphatic rings. The van der Waals surface area contributed by atoms with Gasteiger partial charge in [-0.2, -0.15) is 0 Å². The largest absolute Gasteiger partial charge is 0.392 e. The number of amides is 1. The van der Waals surface area contributed by atoms with Gasteiger partial charge in [0.2, 0.25) is 0 Å². The third kappa shape index (κ3) is 7.64. The number of para-hydroxylation sites is 2. The SMILES string of the molecule is C=CCN(C)C[C@H]1O[C@@H](c2ccc(-c3cccc(CNC(=O)c4cnc5ccccc5n4)c3)cc2)O[C@@H](c2ccc(CO)cc2)[C@H]1C. The molecule has 4 atom stereocenters. The van der Waals surface area contributed by atoms with Crippen molar-refractivity contribution in [3.05, 3.63) is 144 Å². The summed E-state index contributed by atoms with van der Waals surface area (Å²) in [5.41, 5.74) is 7.66. The van der Waals surface area contributed by atoms with Crippen LogP contribution in [0.15, 0.2) is 116 Å². The van der Waals surface area contributed by atoms with Crippen molar-refractivity contribution >= 4 is 16.9 Å². The number of likely N-dealkylation sites (N-methyl/N-ethyl adjacent to an activating group) is 1. The Hall–Kier alpha value is -4.73. The van der Waals surface area contributed by atoms with Gasteiger partial charge in [0.25, 0.3) is 5.91 Å². The summed E-state index contributed by atoms with van der Waals surface area (Å²) in [6, 6.07) is 31.8. The number of aliphatic hydroxyl groups is 1. The van der Waals surface area contributed by atoms with Crippen LogP contribution >= 0.6 is 0 Å². The fourth-order valence-electron chi connectivity index (χ4n) is 5.96. The summed E-state index contributed by atoms with van der Waals surface area (Å²) in [4.78, 5) is 23.8. The van der Waals surface area contributed by atoms with Gasteiger partial charge in [-0.05, 0) is 53.1 Å². The quantitative estimate of drug-likeness (QED) is 0.159. The van der Waals surface area contributed by atoms with Gasteiger partial charge in [0, 0.05) is 31.1 Å². The monoisotopic (exact) mass is 628 g/mol. The third-order valence-corrected chi connectivity index (χ3v) is 8.63. The smallest absolute Gasteiger partial charge is 0.271 e. The highest BCUT2D eigenvalue weighted by molar-refractivity contribution is 5.93. The van der Waals surface area contributed by atoms with Gasteiger partial charge < -0.3 is 24.8 Å². The second-order valence-electron chi connectivity index (χ2n) is 12.1. The lowest BCUT2D eigenvalue weighted by Crippen LogP contribution is -2.43. The first-order valence-corrected chi connectivity index (χ1v) is 15.9. The molecule has 0 aliphatic carbocycles. The maximum absolute atomic E-state index is 12.8. The summed E-state index contributed by atoms with van der Waals surface area (Å²) in [7, 11) is 2.07. The number of nitrogens with zero attached hydrogens (tertiary/aromatic N) is 3. The molecule has 0 saturated carbocycles. The van der Waals surface area contributed by atoms with Gasteiger partial charge in [-0.15, -0.1) is 6.58 Å². The molecule has 0 radical (unpaired) electrons. The average Bonchev–Trinajstić information content (AvgIpc) is 3.11. The van der Waals surface area contributed by atoms with E-state index in [0.29, 0.717) is 12.1 Å². The minimum absolute atomic E-state index is 0.00642. The molecule has 47 heavy (non-hydrogen) atoms. The molecule has 0 spiro atoms. The second kappa shape index (κ2) is 14.8.